The van der Waals surface area contributed by atoms with Gasteiger partial charge in [0.05, 0.1) is 13.2 Å². The highest BCUT2D eigenvalue weighted by Gasteiger charge is 2.22. The number of hydrogen-bond acceptors (Lipinski definition) is 5. The van der Waals surface area contributed by atoms with Crippen molar-refractivity contribution in [2.45, 2.75) is 25.3 Å². The third kappa shape index (κ3) is 2.61. The second-order valence-corrected chi connectivity index (χ2v) is 4.69. The minimum Gasteiger partial charge on any atom is -0.496 e. The zero-order valence-corrected chi connectivity index (χ0v) is 10.9. The topological polar surface area (TPSA) is 60.2 Å². The number of nitrogens with one attached hydrogen (secondary N) is 1. The standard InChI is InChI=1S/C14H17N3O2/c1-18-12-7-3-2-5-10(12)9-13-16-14(19-17-13)11-6-4-8-15-11/h2-3,5,7,11,15H,4,6,8-9H2,1H3/t11-/m1/s1. The van der Waals surface area contributed by atoms with Gasteiger partial charge in [-0.2, -0.15) is 4.98 Å². The summed E-state index contributed by atoms with van der Waals surface area (Å²) in [6, 6.07) is 8.11. The van der Waals surface area contributed by atoms with E-state index < -0.39 is 0 Å². The van der Waals surface area contributed by atoms with Crippen LogP contribution in [0.25, 0.3) is 0 Å². The molecule has 0 spiro atoms. The van der Waals surface area contributed by atoms with Crippen molar-refractivity contribution in [1.82, 2.24) is 15.5 Å². The van der Waals surface area contributed by atoms with E-state index in [9.17, 15) is 0 Å². The second kappa shape index (κ2) is 5.40. The monoisotopic (exact) mass is 259 g/mol. The van der Waals surface area contributed by atoms with Crippen LogP contribution in [0.5, 0.6) is 5.75 Å². The first-order valence-corrected chi connectivity index (χ1v) is 6.54. The highest BCUT2D eigenvalue weighted by Crippen LogP contribution is 2.23. The average Bonchev–Trinajstić information content (AvgIpc) is 3.09. The molecule has 0 radical (unpaired) electrons. The van der Waals surface area contributed by atoms with E-state index >= 15 is 0 Å². The van der Waals surface area contributed by atoms with E-state index in [0.717, 1.165) is 30.7 Å². The molecule has 1 fully saturated rings. The van der Waals surface area contributed by atoms with E-state index in [1.807, 2.05) is 24.3 Å². The zero-order chi connectivity index (χ0) is 13.1. The normalized spacial score (nSPS) is 18.7. The van der Waals surface area contributed by atoms with Crippen molar-refractivity contribution in [3.8, 4) is 5.75 Å². The SMILES string of the molecule is COc1ccccc1Cc1noc([C@H]2CCCN2)n1. The molecule has 0 bridgehead atoms. The fourth-order valence-electron chi connectivity index (χ4n) is 2.40. The summed E-state index contributed by atoms with van der Waals surface area (Å²) in [6.07, 6.45) is 2.85. The highest BCUT2D eigenvalue weighted by molar-refractivity contribution is 5.35. The summed E-state index contributed by atoms with van der Waals surface area (Å²) in [4.78, 5) is 4.47. The van der Waals surface area contributed by atoms with Crippen molar-refractivity contribution in [2.24, 2.45) is 0 Å². The average molecular weight is 259 g/mol. The molecule has 5 heteroatoms. The van der Waals surface area contributed by atoms with Crippen molar-refractivity contribution in [1.29, 1.82) is 0 Å². The Hall–Kier alpha value is -1.88. The lowest BCUT2D eigenvalue weighted by Crippen LogP contribution is -2.13. The van der Waals surface area contributed by atoms with Gasteiger partial charge >= 0.3 is 0 Å². The van der Waals surface area contributed by atoms with Crippen molar-refractivity contribution < 1.29 is 9.26 Å². The van der Waals surface area contributed by atoms with Gasteiger partial charge in [0.15, 0.2) is 5.82 Å². The Balaban J connectivity index is 1.76. The molecule has 0 aliphatic carbocycles. The Morgan fingerprint density at radius 3 is 3.11 bits per heavy atom. The third-order valence-electron chi connectivity index (χ3n) is 3.38. The summed E-state index contributed by atoms with van der Waals surface area (Å²) in [6.45, 7) is 1.02. The van der Waals surface area contributed by atoms with Crippen LogP contribution in [-0.4, -0.2) is 23.8 Å². The molecular weight excluding hydrogens is 242 g/mol. The Labute approximate surface area is 112 Å². The molecule has 0 amide bonds. The molecule has 2 heterocycles. The molecule has 1 aromatic heterocycles. The quantitative estimate of drug-likeness (QED) is 0.911. The van der Waals surface area contributed by atoms with Crippen LogP contribution in [0.2, 0.25) is 0 Å². The van der Waals surface area contributed by atoms with Gasteiger partial charge in [0.1, 0.15) is 5.75 Å². The molecular formula is C14H17N3O2. The Kier molecular flexibility index (Phi) is 3.46. The molecule has 100 valence electrons. The molecule has 2 aromatic rings. The van der Waals surface area contributed by atoms with Crippen LogP contribution >= 0.6 is 0 Å². The molecule has 0 saturated carbocycles. The number of nitrogens with zero attached hydrogens (tertiary/aromatic N) is 2. The van der Waals surface area contributed by atoms with Gasteiger partial charge in [-0.15, -0.1) is 0 Å². The first-order chi connectivity index (χ1) is 9.36. The van der Waals surface area contributed by atoms with E-state index in [1.54, 1.807) is 7.11 Å². The highest BCUT2D eigenvalue weighted by atomic mass is 16.5. The van der Waals surface area contributed by atoms with Crippen molar-refractivity contribution >= 4 is 0 Å². The van der Waals surface area contributed by atoms with Gasteiger partial charge in [0, 0.05) is 12.0 Å². The fraction of sp³-hybridized carbons (Fsp3) is 0.429. The molecule has 1 atom stereocenters. The van der Waals surface area contributed by atoms with Crippen molar-refractivity contribution in [3.63, 3.8) is 0 Å². The Morgan fingerprint density at radius 2 is 2.32 bits per heavy atom. The van der Waals surface area contributed by atoms with Crippen LogP contribution in [0.15, 0.2) is 28.8 Å². The Morgan fingerprint density at radius 1 is 1.42 bits per heavy atom. The summed E-state index contributed by atoms with van der Waals surface area (Å²) in [5.74, 6) is 2.25. The molecule has 1 aromatic carbocycles. The van der Waals surface area contributed by atoms with Crippen LogP contribution in [0.1, 0.15) is 36.2 Å². The molecule has 1 N–H and O–H groups in total. The van der Waals surface area contributed by atoms with Crippen LogP contribution in [0.3, 0.4) is 0 Å². The summed E-state index contributed by atoms with van der Waals surface area (Å²) >= 11 is 0. The summed E-state index contributed by atoms with van der Waals surface area (Å²) in [5.41, 5.74) is 1.07. The first kappa shape index (κ1) is 12.2. The van der Waals surface area contributed by atoms with Crippen LogP contribution in [0.4, 0.5) is 0 Å². The Bertz CT molecular complexity index is 547. The van der Waals surface area contributed by atoms with Gasteiger partial charge in [-0.25, -0.2) is 0 Å². The lowest BCUT2D eigenvalue weighted by molar-refractivity contribution is 0.341. The van der Waals surface area contributed by atoms with E-state index in [4.69, 9.17) is 9.26 Å². The third-order valence-corrected chi connectivity index (χ3v) is 3.38. The lowest BCUT2D eigenvalue weighted by atomic mass is 10.1. The molecule has 19 heavy (non-hydrogen) atoms. The minimum absolute atomic E-state index is 0.221. The second-order valence-electron chi connectivity index (χ2n) is 4.69. The van der Waals surface area contributed by atoms with Gasteiger partial charge in [-0.05, 0) is 25.5 Å². The largest absolute Gasteiger partial charge is 0.496 e. The zero-order valence-electron chi connectivity index (χ0n) is 10.9. The van der Waals surface area contributed by atoms with Crippen molar-refractivity contribution in [2.75, 3.05) is 13.7 Å². The number of para-hydroxylation sites is 1. The predicted molar refractivity (Wildman–Crippen MR) is 70.1 cm³/mol. The number of rotatable bonds is 4. The molecule has 1 saturated heterocycles. The first-order valence-electron chi connectivity index (χ1n) is 6.54. The van der Waals surface area contributed by atoms with Gasteiger partial charge < -0.3 is 14.6 Å². The van der Waals surface area contributed by atoms with Crippen molar-refractivity contribution in [3.05, 3.63) is 41.5 Å². The van der Waals surface area contributed by atoms with E-state index in [1.165, 1.54) is 0 Å². The number of benzene rings is 1. The van der Waals surface area contributed by atoms with Gasteiger partial charge in [-0.1, -0.05) is 23.4 Å². The molecule has 1 aliphatic rings. The van der Waals surface area contributed by atoms with Gasteiger partial charge in [0.2, 0.25) is 5.89 Å². The number of methoxy groups -OCH3 is 1. The smallest absolute Gasteiger partial charge is 0.243 e. The van der Waals surface area contributed by atoms with Gasteiger partial charge in [0.25, 0.3) is 0 Å². The molecule has 1 aliphatic heterocycles. The number of ether oxygens (including phenoxy) is 1. The summed E-state index contributed by atoms with van der Waals surface area (Å²) in [5, 5.41) is 7.40. The van der Waals surface area contributed by atoms with Crippen LogP contribution < -0.4 is 10.1 Å². The maximum Gasteiger partial charge on any atom is 0.243 e. The van der Waals surface area contributed by atoms with Crippen LogP contribution in [0, 0.1) is 0 Å². The maximum absolute atomic E-state index is 5.33. The molecule has 5 nitrogen and oxygen atoms in total. The fourth-order valence-corrected chi connectivity index (χ4v) is 2.40. The van der Waals surface area contributed by atoms with E-state index in [2.05, 4.69) is 15.5 Å². The van der Waals surface area contributed by atoms with Gasteiger partial charge in [-0.3, -0.25) is 0 Å². The predicted octanol–water partition coefficient (Wildman–Crippen LogP) is 2.09. The maximum atomic E-state index is 5.33. The van der Waals surface area contributed by atoms with Crippen LogP contribution in [-0.2, 0) is 6.42 Å². The molecule has 3 rings (SSSR count). The number of aromatic nitrogens is 2. The lowest BCUT2D eigenvalue weighted by Gasteiger charge is -2.05. The number of hydrogen-bond donors (Lipinski definition) is 1. The summed E-state index contributed by atoms with van der Waals surface area (Å²) in [7, 11) is 1.67. The minimum atomic E-state index is 0.221. The molecule has 0 unspecified atom stereocenters. The summed E-state index contributed by atoms with van der Waals surface area (Å²) < 4.78 is 10.7. The van der Waals surface area contributed by atoms with E-state index in [0.29, 0.717) is 18.1 Å². The van der Waals surface area contributed by atoms with E-state index in [-0.39, 0.29) is 6.04 Å².